The van der Waals surface area contributed by atoms with Crippen molar-refractivity contribution in [3.63, 3.8) is 0 Å². The van der Waals surface area contributed by atoms with Crippen LogP contribution < -0.4 is 10.6 Å². The highest BCUT2D eigenvalue weighted by Gasteiger charge is 2.07. The zero-order valence-corrected chi connectivity index (χ0v) is 15.2. The van der Waals surface area contributed by atoms with Gasteiger partial charge in [-0.1, -0.05) is 41.9 Å². The van der Waals surface area contributed by atoms with Gasteiger partial charge >= 0.3 is 0 Å². The molecule has 0 spiro atoms. The molecule has 7 heteroatoms. The van der Waals surface area contributed by atoms with Crippen LogP contribution in [0.15, 0.2) is 60.9 Å². The Morgan fingerprint density at radius 1 is 1.04 bits per heavy atom. The quantitative estimate of drug-likeness (QED) is 0.649. The average Bonchev–Trinajstić information content (AvgIpc) is 2.69. The van der Waals surface area contributed by atoms with Crippen LogP contribution in [0.3, 0.4) is 0 Å². The Morgan fingerprint density at radius 3 is 2.44 bits per heavy atom. The summed E-state index contributed by atoms with van der Waals surface area (Å²) in [5.41, 5.74) is 2.26. The molecule has 1 amide bonds. The Morgan fingerprint density at radius 2 is 1.74 bits per heavy atom. The van der Waals surface area contributed by atoms with Gasteiger partial charge in [-0.15, -0.1) is 0 Å². The number of hydrogen-bond acceptors (Lipinski definition) is 4. The molecule has 0 saturated carbocycles. The maximum absolute atomic E-state index is 12.9. The number of aromatic nitrogens is 2. The van der Waals surface area contributed by atoms with Crippen LogP contribution in [0.1, 0.15) is 21.5 Å². The summed E-state index contributed by atoms with van der Waals surface area (Å²) >= 11 is 6.11. The number of anilines is 1. The van der Waals surface area contributed by atoms with Crippen LogP contribution in [0.2, 0.25) is 5.02 Å². The fourth-order valence-corrected chi connectivity index (χ4v) is 2.63. The molecule has 1 aromatic heterocycles. The number of rotatable bonds is 7. The number of halogens is 2. The fraction of sp³-hybridized carbons (Fsp3) is 0.150. The predicted molar refractivity (Wildman–Crippen MR) is 103 cm³/mol. The first-order valence-electron chi connectivity index (χ1n) is 8.44. The van der Waals surface area contributed by atoms with Crippen molar-refractivity contribution in [1.29, 1.82) is 0 Å². The summed E-state index contributed by atoms with van der Waals surface area (Å²) in [5.74, 6) is -0.115. The highest BCUT2D eigenvalue weighted by atomic mass is 35.5. The van der Waals surface area contributed by atoms with E-state index in [4.69, 9.17) is 11.6 Å². The minimum absolute atomic E-state index is 0.255. The Balaban J connectivity index is 1.48. The van der Waals surface area contributed by atoms with Crippen LogP contribution in [0.25, 0.3) is 0 Å². The molecular formula is C20H18ClFN4O. The van der Waals surface area contributed by atoms with Crippen molar-refractivity contribution in [1.82, 2.24) is 15.3 Å². The molecule has 0 aliphatic carbocycles. The number of carbonyl (C=O) groups is 1. The third-order valence-electron chi connectivity index (χ3n) is 3.92. The van der Waals surface area contributed by atoms with Gasteiger partial charge in [0.1, 0.15) is 5.82 Å². The summed E-state index contributed by atoms with van der Waals surface area (Å²) in [5, 5.41) is 6.53. The van der Waals surface area contributed by atoms with Crippen molar-refractivity contribution in [2.75, 3.05) is 11.9 Å². The van der Waals surface area contributed by atoms with Gasteiger partial charge < -0.3 is 10.6 Å². The number of nitrogens with one attached hydrogen (secondary N) is 2. The zero-order valence-electron chi connectivity index (χ0n) is 14.5. The van der Waals surface area contributed by atoms with Crippen LogP contribution in [0.5, 0.6) is 0 Å². The van der Waals surface area contributed by atoms with Crippen LogP contribution in [0, 0.1) is 5.82 Å². The van der Waals surface area contributed by atoms with Gasteiger partial charge in [-0.3, -0.25) is 4.79 Å². The molecule has 0 aliphatic heterocycles. The molecule has 2 aromatic carbocycles. The third-order valence-corrected chi connectivity index (χ3v) is 4.29. The van der Waals surface area contributed by atoms with Crippen LogP contribution in [-0.4, -0.2) is 22.4 Å². The average molecular weight is 385 g/mol. The van der Waals surface area contributed by atoms with Crippen LogP contribution in [-0.2, 0) is 13.0 Å². The van der Waals surface area contributed by atoms with Gasteiger partial charge in [0.15, 0.2) is 0 Å². The number of amides is 1. The van der Waals surface area contributed by atoms with E-state index < -0.39 is 0 Å². The molecule has 3 rings (SSSR count). The van der Waals surface area contributed by atoms with E-state index in [1.165, 1.54) is 24.5 Å². The van der Waals surface area contributed by atoms with E-state index in [9.17, 15) is 9.18 Å². The zero-order chi connectivity index (χ0) is 19.1. The minimum Gasteiger partial charge on any atom is -0.352 e. The van der Waals surface area contributed by atoms with Gasteiger partial charge in [-0.05, 0) is 35.7 Å². The monoisotopic (exact) mass is 384 g/mol. The second-order valence-electron chi connectivity index (χ2n) is 5.87. The molecule has 0 atom stereocenters. The molecule has 2 N–H and O–H groups in total. The number of benzene rings is 2. The number of nitrogens with zero attached hydrogens (tertiary/aromatic N) is 2. The van der Waals surface area contributed by atoms with E-state index in [-0.39, 0.29) is 11.7 Å². The molecule has 0 saturated heterocycles. The normalized spacial score (nSPS) is 10.4. The van der Waals surface area contributed by atoms with Crippen molar-refractivity contribution in [2.24, 2.45) is 0 Å². The molecule has 138 valence electrons. The summed E-state index contributed by atoms with van der Waals surface area (Å²) in [6.07, 6.45) is 3.55. The van der Waals surface area contributed by atoms with Crippen molar-refractivity contribution in [2.45, 2.75) is 13.0 Å². The van der Waals surface area contributed by atoms with Gasteiger partial charge in [0, 0.05) is 30.5 Å². The van der Waals surface area contributed by atoms with Gasteiger partial charge in [-0.25, -0.2) is 14.4 Å². The lowest BCUT2D eigenvalue weighted by Gasteiger charge is -2.08. The Bertz CT molecular complexity index is 901. The molecular weight excluding hydrogens is 367 g/mol. The van der Waals surface area contributed by atoms with E-state index in [0.29, 0.717) is 36.0 Å². The maximum Gasteiger partial charge on any atom is 0.254 e. The molecule has 1 heterocycles. The summed E-state index contributed by atoms with van der Waals surface area (Å²) in [4.78, 5) is 20.4. The smallest absolute Gasteiger partial charge is 0.254 e. The predicted octanol–water partition coefficient (Wildman–Crippen LogP) is 3.85. The topological polar surface area (TPSA) is 66.9 Å². The molecule has 5 nitrogen and oxygen atoms in total. The summed E-state index contributed by atoms with van der Waals surface area (Å²) in [6, 6.07) is 13.7. The van der Waals surface area contributed by atoms with Crippen LogP contribution in [0.4, 0.5) is 10.3 Å². The molecule has 0 aliphatic rings. The first-order valence-corrected chi connectivity index (χ1v) is 8.81. The lowest BCUT2D eigenvalue weighted by molar-refractivity contribution is 0.0953. The molecule has 0 bridgehead atoms. The minimum atomic E-state index is -0.275. The molecule has 3 aromatic rings. The Kier molecular flexibility index (Phi) is 6.33. The van der Waals surface area contributed by atoms with E-state index in [1.54, 1.807) is 12.1 Å². The van der Waals surface area contributed by atoms with Gasteiger partial charge in [0.2, 0.25) is 5.95 Å². The first kappa shape index (κ1) is 18.8. The SMILES string of the molecule is O=C(NCCc1ccc(F)cc1)c1cnc(NCc2ccccc2Cl)nc1. The number of carbonyl (C=O) groups excluding carboxylic acids is 1. The summed E-state index contributed by atoms with van der Waals surface area (Å²) in [6.45, 7) is 0.930. The molecule has 0 fully saturated rings. The third kappa shape index (κ3) is 5.49. The first-order chi connectivity index (χ1) is 13.1. The highest BCUT2D eigenvalue weighted by Crippen LogP contribution is 2.15. The van der Waals surface area contributed by atoms with Crippen molar-refractivity contribution in [3.05, 3.63) is 88.5 Å². The lowest BCUT2D eigenvalue weighted by atomic mass is 10.1. The second kappa shape index (κ2) is 9.09. The van der Waals surface area contributed by atoms with Gasteiger partial charge in [-0.2, -0.15) is 0 Å². The largest absolute Gasteiger partial charge is 0.352 e. The number of hydrogen-bond donors (Lipinski definition) is 2. The Hall–Kier alpha value is -2.99. The van der Waals surface area contributed by atoms with Crippen molar-refractivity contribution >= 4 is 23.5 Å². The molecule has 0 unspecified atom stereocenters. The second-order valence-corrected chi connectivity index (χ2v) is 6.28. The molecule has 27 heavy (non-hydrogen) atoms. The van der Waals surface area contributed by atoms with Gasteiger partial charge in [0.05, 0.1) is 5.56 Å². The van der Waals surface area contributed by atoms with E-state index in [2.05, 4.69) is 20.6 Å². The van der Waals surface area contributed by atoms with Crippen LogP contribution >= 0.6 is 11.6 Å². The molecule has 0 radical (unpaired) electrons. The fourth-order valence-electron chi connectivity index (χ4n) is 2.43. The van der Waals surface area contributed by atoms with Crippen molar-refractivity contribution < 1.29 is 9.18 Å². The van der Waals surface area contributed by atoms with Gasteiger partial charge in [0.25, 0.3) is 5.91 Å². The highest BCUT2D eigenvalue weighted by molar-refractivity contribution is 6.31. The Labute approximate surface area is 161 Å². The summed E-state index contributed by atoms with van der Waals surface area (Å²) < 4.78 is 12.9. The standard InChI is InChI=1S/C20H18ClFN4O/c21-18-4-2-1-3-15(18)11-24-20-25-12-16(13-26-20)19(27)23-10-9-14-5-7-17(22)8-6-14/h1-8,12-13H,9-11H2,(H,23,27)(H,24,25,26). The van der Waals surface area contributed by atoms with E-state index >= 15 is 0 Å². The van der Waals surface area contributed by atoms with E-state index in [0.717, 1.165) is 11.1 Å². The van der Waals surface area contributed by atoms with E-state index in [1.807, 2.05) is 24.3 Å². The maximum atomic E-state index is 12.9. The van der Waals surface area contributed by atoms with Crippen molar-refractivity contribution in [3.8, 4) is 0 Å². The lowest BCUT2D eigenvalue weighted by Crippen LogP contribution is -2.26. The summed E-state index contributed by atoms with van der Waals surface area (Å²) in [7, 11) is 0.